The molecule has 4 rings (SSSR count). The van der Waals surface area contributed by atoms with Gasteiger partial charge in [0.05, 0.1) is 16.4 Å². The molecule has 0 saturated heterocycles. The van der Waals surface area contributed by atoms with E-state index in [9.17, 15) is 23.5 Å². The molecule has 1 aliphatic carbocycles. The van der Waals surface area contributed by atoms with Gasteiger partial charge in [0.15, 0.2) is 11.5 Å². The number of aryl methyl sites for hydroxylation is 1. The van der Waals surface area contributed by atoms with Gasteiger partial charge in [-0.15, -0.1) is 0 Å². The maximum atomic E-state index is 14.9. The zero-order valence-corrected chi connectivity index (χ0v) is 22.3. The molecule has 1 fully saturated rings. The van der Waals surface area contributed by atoms with Gasteiger partial charge in [-0.1, -0.05) is 48.8 Å². The molecule has 3 aromatic rings. The van der Waals surface area contributed by atoms with E-state index < -0.39 is 29.0 Å². The van der Waals surface area contributed by atoms with Gasteiger partial charge < -0.3 is 24.3 Å². The predicted octanol–water partition coefficient (Wildman–Crippen LogP) is 5.95. The number of nitrogens with one attached hydrogen (secondary N) is 1. The van der Waals surface area contributed by atoms with Crippen LogP contribution in [0.25, 0.3) is 11.5 Å². The minimum absolute atomic E-state index is 0.0228. The number of aromatic nitrogens is 2. The number of hydrogen-bond acceptors (Lipinski definition) is 7. The molecular formula is C27H29ClF2N3O5-. The number of hydrogen-bond donors (Lipinski definition) is 1. The Morgan fingerprint density at radius 1 is 1.18 bits per heavy atom. The highest BCUT2D eigenvalue weighted by Gasteiger charge is 2.49. The number of anilines is 1. The first-order valence-electron chi connectivity index (χ1n) is 12.4. The van der Waals surface area contributed by atoms with Gasteiger partial charge in [0.25, 0.3) is 0 Å². The van der Waals surface area contributed by atoms with Crippen molar-refractivity contribution in [3.8, 4) is 11.5 Å². The average Bonchev–Trinajstić information content (AvgIpc) is 3.35. The monoisotopic (exact) mass is 548 g/mol. The Balaban J connectivity index is 1.64. The summed E-state index contributed by atoms with van der Waals surface area (Å²) in [5.74, 6) is -5.96. The molecule has 1 N–H and O–H groups in total. The number of rotatable bonds is 10. The van der Waals surface area contributed by atoms with Crippen molar-refractivity contribution in [1.29, 1.82) is 0 Å². The van der Waals surface area contributed by atoms with Gasteiger partial charge in [-0.25, -0.2) is 0 Å². The van der Waals surface area contributed by atoms with Gasteiger partial charge in [-0.05, 0) is 56.2 Å². The van der Waals surface area contributed by atoms with Crippen LogP contribution in [-0.4, -0.2) is 22.2 Å². The van der Waals surface area contributed by atoms with Crippen LogP contribution in [0.15, 0.2) is 33.3 Å². The second-order valence-corrected chi connectivity index (χ2v) is 11.2. The van der Waals surface area contributed by atoms with Crippen LogP contribution in [0.1, 0.15) is 87.3 Å². The van der Waals surface area contributed by atoms with Crippen LogP contribution in [-0.2, 0) is 15.5 Å². The third-order valence-electron chi connectivity index (χ3n) is 6.65. The number of benzene rings is 1. The molecule has 0 radical (unpaired) electrons. The number of carbonyl (C=O) groups excluding carboxylic acids is 2. The summed E-state index contributed by atoms with van der Waals surface area (Å²) in [6.45, 7) is 6.06. The lowest BCUT2D eigenvalue weighted by molar-refractivity contribution is -0.305. The fourth-order valence-electron chi connectivity index (χ4n) is 4.23. The molecule has 0 bridgehead atoms. The highest BCUT2D eigenvalue weighted by molar-refractivity contribution is 6.33. The molecule has 1 aliphatic rings. The van der Waals surface area contributed by atoms with E-state index in [1.807, 2.05) is 6.92 Å². The van der Waals surface area contributed by atoms with E-state index >= 15 is 0 Å². The van der Waals surface area contributed by atoms with Gasteiger partial charge in [0.2, 0.25) is 11.7 Å². The molecule has 11 heteroatoms. The minimum atomic E-state index is -3.28. The Morgan fingerprint density at radius 2 is 1.89 bits per heavy atom. The Morgan fingerprint density at radius 3 is 2.50 bits per heavy atom. The number of halogens is 3. The molecule has 1 atom stereocenters. The van der Waals surface area contributed by atoms with Crippen molar-refractivity contribution in [2.45, 2.75) is 77.6 Å². The Kier molecular flexibility index (Phi) is 7.65. The zero-order valence-electron chi connectivity index (χ0n) is 21.6. The Hall–Kier alpha value is -3.27. The van der Waals surface area contributed by atoms with E-state index in [1.54, 1.807) is 18.2 Å². The summed E-state index contributed by atoms with van der Waals surface area (Å²) in [5.41, 5.74) is 1.06. The summed E-state index contributed by atoms with van der Waals surface area (Å²) in [4.78, 5) is 24.2. The molecule has 0 aliphatic heterocycles. The predicted molar refractivity (Wildman–Crippen MR) is 134 cm³/mol. The largest absolute Gasteiger partial charge is 0.550 e. The molecule has 1 amide bonds. The van der Waals surface area contributed by atoms with Gasteiger partial charge in [0, 0.05) is 35.4 Å². The fourth-order valence-corrected chi connectivity index (χ4v) is 4.51. The molecule has 1 saturated carbocycles. The first-order valence-corrected chi connectivity index (χ1v) is 12.8. The second-order valence-electron chi connectivity index (χ2n) is 10.8. The highest BCUT2D eigenvalue weighted by atomic mass is 35.5. The lowest BCUT2D eigenvalue weighted by Crippen LogP contribution is -2.30. The lowest BCUT2D eigenvalue weighted by atomic mass is 9.86. The smallest absolute Gasteiger partial charge is 0.312 e. The molecule has 204 valence electrons. The number of amides is 1. The lowest BCUT2D eigenvalue weighted by Gasteiger charge is -2.27. The van der Waals surface area contributed by atoms with Gasteiger partial charge in [-0.3, -0.25) is 4.79 Å². The third-order valence-corrected chi connectivity index (χ3v) is 6.96. The maximum absolute atomic E-state index is 14.9. The maximum Gasteiger partial charge on any atom is 0.312 e. The molecule has 0 unspecified atom stereocenters. The standard InChI is InChI=1S/C27H30ClF2N3O5/c1-14-5-9-18(17(28)11-14)31-21(34)12-16(8-10-22(35)36)24-23(15-6-7-15)25(38-33-24)19-13-20(37-32-19)27(29,30)26(2,3)4/h5,9,11,13,15-16H,6-8,10,12H2,1-4H3,(H,31,34)(H,35,36)/p-1/t16-/m0/s1. The summed E-state index contributed by atoms with van der Waals surface area (Å²) in [5, 5.41) is 22.4. The minimum Gasteiger partial charge on any atom is -0.550 e. The van der Waals surface area contributed by atoms with Crippen LogP contribution in [0.5, 0.6) is 0 Å². The molecule has 8 nitrogen and oxygen atoms in total. The molecule has 1 aromatic carbocycles. The highest BCUT2D eigenvalue weighted by Crippen LogP contribution is 2.50. The van der Waals surface area contributed by atoms with E-state index in [0.29, 0.717) is 22.0 Å². The number of carboxylic acids is 1. The zero-order chi connectivity index (χ0) is 27.8. The fraction of sp³-hybridized carbons (Fsp3) is 0.481. The van der Waals surface area contributed by atoms with E-state index in [1.165, 1.54) is 20.8 Å². The van der Waals surface area contributed by atoms with E-state index in [0.717, 1.165) is 24.5 Å². The van der Waals surface area contributed by atoms with Crippen LogP contribution < -0.4 is 10.4 Å². The summed E-state index contributed by atoms with van der Waals surface area (Å²) in [6, 6.07) is 6.35. The number of carboxylic acid groups (broad SMARTS) is 1. The normalized spacial score (nSPS) is 14.9. The van der Waals surface area contributed by atoms with E-state index in [4.69, 9.17) is 20.6 Å². The molecule has 2 aromatic heterocycles. The van der Waals surface area contributed by atoms with Crippen LogP contribution >= 0.6 is 11.6 Å². The van der Waals surface area contributed by atoms with Crippen molar-refractivity contribution < 1.29 is 32.5 Å². The topological polar surface area (TPSA) is 121 Å². The van der Waals surface area contributed by atoms with E-state index in [-0.39, 0.29) is 42.5 Å². The molecule has 2 heterocycles. The van der Waals surface area contributed by atoms with Crippen LogP contribution in [0, 0.1) is 12.3 Å². The number of aliphatic carboxylic acids is 1. The van der Waals surface area contributed by atoms with Crippen LogP contribution in [0.3, 0.4) is 0 Å². The Labute approximate surface area is 223 Å². The molecule has 0 spiro atoms. The van der Waals surface area contributed by atoms with Crippen molar-refractivity contribution in [2.75, 3.05) is 5.32 Å². The van der Waals surface area contributed by atoms with Crippen molar-refractivity contribution in [3.05, 3.63) is 51.9 Å². The second kappa shape index (κ2) is 10.5. The quantitative estimate of drug-likeness (QED) is 0.332. The average molecular weight is 549 g/mol. The van der Waals surface area contributed by atoms with Crippen molar-refractivity contribution in [3.63, 3.8) is 0 Å². The SMILES string of the molecule is Cc1ccc(NC(=O)C[C@H](CCC(=O)[O-])c2noc(-c3cc(C(F)(F)C(C)(C)C)on3)c2C2CC2)c(Cl)c1. The van der Waals surface area contributed by atoms with Crippen molar-refractivity contribution in [1.82, 2.24) is 10.3 Å². The van der Waals surface area contributed by atoms with Crippen LogP contribution in [0.4, 0.5) is 14.5 Å². The number of nitrogens with zero attached hydrogens (tertiary/aromatic N) is 2. The first-order chi connectivity index (χ1) is 17.8. The Bertz CT molecular complexity index is 1340. The summed E-state index contributed by atoms with van der Waals surface area (Å²) in [7, 11) is 0. The summed E-state index contributed by atoms with van der Waals surface area (Å²) < 4.78 is 40.3. The van der Waals surface area contributed by atoms with Gasteiger partial charge >= 0.3 is 5.92 Å². The first kappa shape index (κ1) is 27.8. The number of carbonyl (C=O) groups is 2. The molecule has 38 heavy (non-hydrogen) atoms. The van der Waals surface area contributed by atoms with Gasteiger partial charge in [-0.2, -0.15) is 8.78 Å². The molecular weight excluding hydrogens is 520 g/mol. The van der Waals surface area contributed by atoms with Crippen molar-refractivity contribution in [2.24, 2.45) is 5.41 Å². The van der Waals surface area contributed by atoms with Crippen molar-refractivity contribution >= 4 is 29.2 Å². The third kappa shape index (κ3) is 5.90. The van der Waals surface area contributed by atoms with Crippen LogP contribution in [0.2, 0.25) is 5.02 Å². The van der Waals surface area contributed by atoms with E-state index in [2.05, 4.69) is 15.6 Å². The summed E-state index contributed by atoms with van der Waals surface area (Å²) in [6.07, 6.45) is 1.27. The summed E-state index contributed by atoms with van der Waals surface area (Å²) >= 11 is 6.24. The number of alkyl halides is 2. The van der Waals surface area contributed by atoms with Gasteiger partial charge in [0.1, 0.15) is 0 Å².